The molecule has 0 saturated heterocycles. The van der Waals surface area contributed by atoms with Crippen LogP contribution in [0.5, 0.6) is 34.5 Å². The largest absolute Gasteiger partial charge is 3.00 e. The first-order chi connectivity index (χ1) is 18.3. The molecule has 0 N–H and O–H groups in total. The molecule has 0 atom stereocenters. The number of aliphatic imine (C=N–C) groups is 3. The topological polar surface area (TPSA) is 134 Å². The fourth-order valence-electron chi connectivity index (χ4n) is 3.63. The Morgan fingerprint density at radius 2 is 0.872 bits per heavy atom. The maximum absolute atomic E-state index is 12.4. The number of ether oxygens (including phenoxy) is 3. The third kappa shape index (κ3) is 8.24. The van der Waals surface area contributed by atoms with Gasteiger partial charge in [0.25, 0.3) is 0 Å². The molecule has 3 aromatic carbocycles. The van der Waals surface area contributed by atoms with E-state index < -0.39 is 5.41 Å². The van der Waals surface area contributed by atoms with Crippen molar-refractivity contribution in [2.45, 2.75) is 6.92 Å². The summed E-state index contributed by atoms with van der Waals surface area (Å²) in [7, 11) is 4.32. The minimum Gasteiger partial charge on any atom is -0.870 e. The van der Waals surface area contributed by atoms with Crippen molar-refractivity contribution in [1.29, 1.82) is 0 Å². The van der Waals surface area contributed by atoms with E-state index in [1.807, 2.05) is 6.92 Å². The molecule has 0 spiro atoms. The van der Waals surface area contributed by atoms with E-state index in [1.54, 1.807) is 54.6 Å². The molecule has 0 saturated carbocycles. The molecule has 0 heterocycles. The molecule has 0 aromatic heterocycles. The molecule has 3 aromatic rings. The Hall–Kier alpha value is -4.01. The van der Waals surface area contributed by atoms with Gasteiger partial charge in [0.05, 0.1) is 21.3 Å². The zero-order valence-electron chi connectivity index (χ0n) is 22.2. The second kappa shape index (κ2) is 14.8. The van der Waals surface area contributed by atoms with Gasteiger partial charge in [0.2, 0.25) is 0 Å². The minimum absolute atomic E-state index is 0. The van der Waals surface area contributed by atoms with Gasteiger partial charge >= 0.3 is 17.1 Å². The van der Waals surface area contributed by atoms with Crippen molar-refractivity contribution < 1.29 is 46.6 Å². The zero-order valence-corrected chi connectivity index (χ0v) is 23.4. The first kappa shape index (κ1) is 31.2. The fraction of sp³-hybridized carbons (Fsp3) is 0.276. The van der Waals surface area contributed by atoms with E-state index in [-0.39, 0.29) is 71.2 Å². The summed E-state index contributed by atoms with van der Waals surface area (Å²) in [5.74, 6) is -0.0338. The SMILES string of the molecule is COc1cccc(C=NCC(C)(CN=Cc2cccc(OC)c2[O-])CN=Cc2cccc(OC)c2[O-])c1[O-].[Mn+3]. The van der Waals surface area contributed by atoms with Crippen LogP contribution in [0.3, 0.4) is 0 Å². The molecule has 3 rings (SSSR count). The third-order valence-electron chi connectivity index (χ3n) is 5.80. The minimum atomic E-state index is -0.588. The van der Waals surface area contributed by atoms with Crippen molar-refractivity contribution in [1.82, 2.24) is 0 Å². The summed E-state index contributed by atoms with van der Waals surface area (Å²) in [6, 6.07) is 14.9. The van der Waals surface area contributed by atoms with Crippen LogP contribution in [0.25, 0.3) is 0 Å². The Labute approximate surface area is 239 Å². The van der Waals surface area contributed by atoms with Gasteiger partial charge in [-0.3, -0.25) is 15.0 Å². The first-order valence-corrected chi connectivity index (χ1v) is 11.8. The molecule has 204 valence electrons. The van der Waals surface area contributed by atoms with Gasteiger partial charge in [-0.1, -0.05) is 60.6 Å². The Morgan fingerprint density at radius 1 is 0.590 bits per heavy atom. The molecule has 0 aliphatic heterocycles. The molecule has 0 aliphatic carbocycles. The molecule has 0 radical (unpaired) electrons. The number of para-hydroxylation sites is 3. The van der Waals surface area contributed by atoms with Gasteiger partial charge in [-0.2, -0.15) is 0 Å². The van der Waals surface area contributed by atoms with E-state index in [0.717, 1.165) is 0 Å². The standard InChI is InChI=1S/C29H33N3O6.Mn/c1-29(17-30-14-20-8-5-11-23(36-2)26(20)33,18-31-15-21-9-6-12-24(37-3)27(21)34)19-32-16-22-10-7-13-25(38-4)28(22)35;/h5-16,33-35H,17-19H2,1-4H3;/q;+3/p-3. The predicted octanol–water partition coefficient (Wildman–Crippen LogP) is 2.59. The summed E-state index contributed by atoms with van der Waals surface area (Å²) in [6.07, 6.45) is 4.52. The van der Waals surface area contributed by atoms with Crippen molar-refractivity contribution >= 4 is 18.6 Å². The summed E-state index contributed by atoms with van der Waals surface area (Å²) in [5.41, 5.74) is 0.616. The number of methoxy groups -OCH3 is 3. The summed E-state index contributed by atoms with van der Waals surface area (Å²) in [5, 5.41) is 37.3. The third-order valence-corrected chi connectivity index (χ3v) is 5.80. The van der Waals surface area contributed by atoms with Gasteiger partial charge in [-0.15, -0.1) is 0 Å². The van der Waals surface area contributed by atoms with Gasteiger partial charge in [-0.05, 0) is 34.9 Å². The quantitative estimate of drug-likeness (QED) is 0.242. The normalized spacial score (nSPS) is 12.9. The van der Waals surface area contributed by atoms with Gasteiger partial charge in [0.1, 0.15) is 17.2 Å². The predicted molar refractivity (Wildman–Crippen MR) is 143 cm³/mol. The number of rotatable bonds is 12. The number of nitrogens with zero attached hydrogens (tertiary/aromatic N) is 3. The van der Waals surface area contributed by atoms with Crippen molar-refractivity contribution in [3.63, 3.8) is 0 Å². The molecule has 0 amide bonds. The van der Waals surface area contributed by atoms with Gasteiger partial charge in [0.15, 0.2) is 0 Å². The van der Waals surface area contributed by atoms with E-state index in [4.69, 9.17) is 14.2 Å². The number of hydrogen-bond donors (Lipinski definition) is 0. The van der Waals surface area contributed by atoms with Crippen LogP contribution in [-0.4, -0.2) is 59.6 Å². The van der Waals surface area contributed by atoms with E-state index in [9.17, 15) is 15.3 Å². The monoisotopic (exact) mass is 571 g/mol. The molecule has 9 nitrogen and oxygen atoms in total. The Bertz CT molecular complexity index is 1170. The molecule has 0 aliphatic rings. The summed E-state index contributed by atoms with van der Waals surface area (Å²) in [4.78, 5) is 13.5. The van der Waals surface area contributed by atoms with Crippen LogP contribution in [0.15, 0.2) is 69.6 Å². The van der Waals surface area contributed by atoms with E-state index >= 15 is 0 Å². The van der Waals surface area contributed by atoms with Crippen molar-refractivity contribution in [2.24, 2.45) is 20.4 Å². The fourth-order valence-corrected chi connectivity index (χ4v) is 3.63. The zero-order chi connectivity index (χ0) is 27.5. The smallest absolute Gasteiger partial charge is 0.870 e. The molecular weight excluding hydrogens is 541 g/mol. The van der Waals surface area contributed by atoms with Crippen LogP contribution in [-0.2, 0) is 17.1 Å². The van der Waals surface area contributed by atoms with Gasteiger partial charge in [0, 0.05) is 43.7 Å². The maximum atomic E-state index is 12.4. The van der Waals surface area contributed by atoms with Crippen molar-refractivity contribution in [3.8, 4) is 34.5 Å². The van der Waals surface area contributed by atoms with Crippen molar-refractivity contribution in [3.05, 3.63) is 71.3 Å². The van der Waals surface area contributed by atoms with E-state index in [0.29, 0.717) is 16.7 Å². The average Bonchev–Trinajstić information content (AvgIpc) is 2.91. The molecule has 0 bridgehead atoms. The first-order valence-electron chi connectivity index (χ1n) is 11.8. The van der Waals surface area contributed by atoms with Crippen molar-refractivity contribution in [2.75, 3.05) is 41.0 Å². The van der Waals surface area contributed by atoms with Crippen LogP contribution in [0.1, 0.15) is 23.6 Å². The second-order valence-corrected chi connectivity index (χ2v) is 8.86. The van der Waals surface area contributed by atoms with Crippen LogP contribution >= 0.6 is 0 Å². The summed E-state index contributed by atoms with van der Waals surface area (Å²) >= 11 is 0. The number of hydrogen-bond acceptors (Lipinski definition) is 9. The molecule has 10 heteroatoms. The second-order valence-electron chi connectivity index (χ2n) is 8.86. The van der Waals surface area contributed by atoms with Gasteiger partial charge in [-0.25, -0.2) is 0 Å². The maximum Gasteiger partial charge on any atom is 3.00 e. The Balaban J connectivity index is 0.00000533. The molecule has 39 heavy (non-hydrogen) atoms. The van der Waals surface area contributed by atoms with Gasteiger partial charge < -0.3 is 29.5 Å². The molecule has 0 unspecified atom stereocenters. The van der Waals surface area contributed by atoms with Crippen LogP contribution in [0.4, 0.5) is 0 Å². The van der Waals surface area contributed by atoms with Crippen LogP contribution in [0, 0.1) is 5.41 Å². The summed E-state index contributed by atoms with van der Waals surface area (Å²) < 4.78 is 15.3. The molecule has 0 fully saturated rings. The van der Waals surface area contributed by atoms with Crippen LogP contribution < -0.4 is 29.5 Å². The number of benzene rings is 3. The molecular formula is C29H30MnN3O6. The van der Waals surface area contributed by atoms with E-state index in [2.05, 4.69) is 15.0 Å². The van der Waals surface area contributed by atoms with Crippen LogP contribution in [0.2, 0.25) is 0 Å². The Morgan fingerprint density at radius 3 is 1.13 bits per heavy atom. The Kier molecular flexibility index (Phi) is 11.8. The summed E-state index contributed by atoms with van der Waals surface area (Å²) in [6.45, 7) is 2.78. The average molecular weight is 572 g/mol. The van der Waals surface area contributed by atoms with E-state index in [1.165, 1.54) is 40.0 Å².